The number of rotatable bonds is 7. The molecule has 0 aliphatic heterocycles. The van der Waals surface area contributed by atoms with Gasteiger partial charge in [-0.05, 0) is 18.9 Å². The van der Waals surface area contributed by atoms with Gasteiger partial charge < -0.3 is 14.6 Å². The summed E-state index contributed by atoms with van der Waals surface area (Å²) in [5, 5.41) is 9.84. The van der Waals surface area contributed by atoms with Crippen LogP contribution in [-0.4, -0.2) is 24.8 Å². The molecule has 0 heterocycles. The molecule has 1 aromatic rings. The molecule has 4 nitrogen and oxygen atoms in total. The van der Waals surface area contributed by atoms with E-state index in [9.17, 15) is 9.90 Å². The molecule has 0 saturated heterocycles. The molecule has 0 spiro atoms. The van der Waals surface area contributed by atoms with Gasteiger partial charge in [-0.15, -0.1) is 0 Å². The highest BCUT2D eigenvalue weighted by molar-refractivity contribution is 5.69. The summed E-state index contributed by atoms with van der Waals surface area (Å²) in [5.41, 5.74) is 0.790. The van der Waals surface area contributed by atoms with Gasteiger partial charge in [-0.1, -0.05) is 25.1 Å². The molecular formula is C14H20O4. The molecule has 0 aliphatic carbocycles. The number of para-hydroxylation sites is 1. The largest absolute Gasteiger partial charge is 0.493 e. The molecule has 1 aromatic carbocycles. The average molecular weight is 252 g/mol. The molecule has 0 bridgehead atoms. The molecule has 0 aromatic heterocycles. The van der Waals surface area contributed by atoms with E-state index >= 15 is 0 Å². The zero-order valence-electron chi connectivity index (χ0n) is 10.9. The number of esters is 1. The molecule has 0 aliphatic rings. The number of benzene rings is 1. The van der Waals surface area contributed by atoms with E-state index in [-0.39, 0.29) is 5.97 Å². The van der Waals surface area contributed by atoms with Crippen molar-refractivity contribution in [3.05, 3.63) is 29.8 Å². The van der Waals surface area contributed by atoms with Crippen LogP contribution >= 0.6 is 0 Å². The summed E-state index contributed by atoms with van der Waals surface area (Å²) >= 11 is 0. The topological polar surface area (TPSA) is 55.8 Å². The first-order chi connectivity index (χ1) is 8.69. The van der Waals surface area contributed by atoms with E-state index in [4.69, 9.17) is 4.74 Å². The monoisotopic (exact) mass is 252 g/mol. The summed E-state index contributed by atoms with van der Waals surface area (Å²) in [6.45, 7) is 2.35. The number of methoxy groups -OCH3 is 1. The number of carbonyl (C=O) groups is 1. The lowest BCUT2D eigenvalue weighted by Gasteiger charge is -2.14. The van der Waals surface area contributed by atoms with Gasteiger partial charge >= 0.3 is 5.97 Å². The standard InChI is InChI=1S/C14H20O4/c1-3-12(15)11-7-4-5-8-13(11)18-10-6-9-14(16)17-2/h4-5,7-8,12,15H,3,6,9-10H2,1-2H3/t12-/m1/s1. The fourth-order valence-corrected chi connectivity index (χ4v) is 1.61. The Bertz CT molecular complexity index is 376. The zero-order chi connectivity index (χ0) is 13.4. The van der Waals surface area contributed by atoms with Crippen molar-refractivity contribution in [2.45, 2.75) is 32.3 Å². The zero-order valence-corrected chi connectivity index (χ0v) is 10.9. The summed E-state index contributed by atoms with van der Waals surface area (Å²) in [6, 6.07) is 7.41. The Kier molecular flexibility index (Phi) is 6.22. The number of aliphatic hydroxyl groups is 1. The van der Waals surface area contributed by atoms with Gasteiger partial charge in [0.05, 0.1) is 19.8 Å². The van der Waals surface area contributed by atoms with E-state index in [1.807, 2.05) is 31.2 Å². The minimum Gasteiger partial charge on any atom is -0.493 e. The average Bonchev–Trinajstić information content (AvgIpc) is 2.42. The summed E-state index contributed by atoms with van der Waals surface area (Å²) in [5.74, 6) is 0.442. The van der Waals surface area contributed by atoms with Gasteiger partial charge in [0.1, 0.15) is 5.75 Å². The maximum absolute atomic E-state index is 10.9. The Labute approximate surface area is 108 Å². The highest BCUT2D eigenvalue weighted by atomic mass is 16.5. The van der Waals surface area contributed by atoms with Crippen LogP contribution in [0.15, 0.2) is 24.3 Å². The van der Waals surface area contributed by atoms with Gasteiger partial charge in [-0.2, -0.15) is 0 Å². The second-order valence-corrected chi connectivity index (χ2v) is 3.99. The number of ether oxygens (including phenoxy) is 2. The molecule has 0 radical (unpaired) electrons. The lowest BCUT2D eigenvalue weighted by Crippen LogP contribution is -2.06. The Morgan fingerprint density at radius 2 is 2.11 bits per heavy atom. The molecule has 0 saturated carbocycles. The third-order valence-electron chi connectivity index (χ3n) is 2.68. The molecule has 0 amide bonds. The summed E-state index contributed by atoms with van der Waals surface area (Å²) in [7, 11) is 1.37. The highest BCUT2D eigenvalue weighted by Gasteiger charge is 2.11. The fourth-order valence-electron chi connectivity index (χ4n) is 1.61. The van der Waals surface area contributed by atoms with Crippen LogP contribution in [0.2, 0.25) is 0 Å². The van der Waals surface area contributed by atoms with Crippen LogP contribution in [0.3, 0.4) is 0 Å². The minimum atomic E-state index is -0.512. The Hall–Kier alpha value is -1.55. The highest BCUT2D eigenvalue weighted by Crippen LogP contribution is 2.26. The summed E-state index contributed by atoms with van der Waals surface area (Å²) in [4.78, 5) is 10.9. The van der Waals surface area contributed by atoms with Crippen molar-refractivity contribution in [2.75, 3.05) is 13.7 Å². The van der Waals surface area contributed by atoms with E-state index in [1.165, 1.54) is 7.11 Å². The van der Waals surface area contributed by atoms with Crippen LogP contribution in [0, 0.1) is 0 Å². The molecule has 18 heavy (non-hydrogen) atoms. The predicted octanol–water partition coefficient (Wildman–Crippen LogP) is 2.46. The number of aliphatic hydroxyl groups excluding tert-OH is 1. The van der Waals surface area contributed by atoms with Gasteiger partial charge in [0.2, 0.25) is 0 Å². The molecule has 1 atom stereocenters. The molecule has 1 rings (SSSR count). The van der Waals surface area contributed by atoms with Gasteiger partial charge in [0.25, 0.3) is 0 Å². The van der Waals surface area contributed by atoms with Crippen LogP contribution in [0.1, 0.15) is 37.9 Å². The van der Waals surface area contributed by atoms with Crippen LogP contribution in [0.4, 0.5) is 0 Å². The smallest absolute Gasteiger partial charge is 0.305 e. The second kappa shape index (κ2) is 7.71. The SMILES string of the molecule is CC[C@@H](O)c1ccccc1OCCCC(=O)OC. The quantitative estimate of drug-likeness (QED) is 0.598. The second-order valence-electron chi connectivity index (χ2n) is 3.99. The number of hydrogen-bond acceptors (Lipinski definition) is 4. The van der Waals surface area contributed by atoms with Gasteiger partial charge in [-0.25, -0.2) is 0 Å². The molecule has 4 heteroatoms. The lowest BCUT2D eigenvalue weighted by molar-refractivity contribution is -0.140. The third kappa shape index (κ3) is 4.37. The first kappa shape index (κ1) is 14.5. The van der Waals surface area contributed by atoms with Crippen molar-refractivity contribution < 1.29 is 19.4 Å². The Morgan fingerprint density at radius 1 is 1.39 bits per heavy atom. The molecule has 100 valence electrons. The van der Waals surface area contributed by atoms with Crippen molar-refractivity contribution in [3.63, 3.8) is 0 Å². The Balaban J connectivity index is 2.49. The summed E-state index contributed by atoms with van der Waals surface area (Å²) in [6.07, 6.45) is 1.07. The van der Waals surface area contributed by atoms with Gasteiger partial charge in [0, 0.05) is 12.0 Å². The predicted molar refractivity (Wildman–Crippen MR) is 68.4 cm³/mol. The minimum absolute atomic E-state index is 0.236. The van der Waals surface area contributed by atoms with Crippen LogP contribution in [-0.2, 0) is 9.53 Å². The fraction of sp³-hybridized carbons (Fsp3) is 0.500. The molecule has 1 N–H and O–H groups in total. The lowest BCUT2D eigenvalue weighted by atomic mass is 10.1. The normalized spacial score (nSPS) is 11.9. The van der Waals surface area contributed by atoms with Crippen LogP contribution < -0.4 is 4.74 Å². The maximum Gasteiger partial charge on any atom is 0.305 e. The van der Waals surface area contributed by atoms with Crippen LogP contribution in [0.25, 0.3) is 0 Å². The molecular weight excluding hydrogens is 232 g/mol. The molecule has 0 unspecified atom stereocenters. The number of carbonyl (C=O) groups excluding carboxylic acids is 1. The van der Waals surface area contributed by atoms with Gasteiger partial charge in [-0.3, -0.25) is 4.79 Å². The van der Waals surface area contributed by atoms with Crippen molar-refractivity contribution in [3.8, 4) is 5.75 Å². The van der Waals surface area contributed by atoms with Crippen molar-refractivity contribution >= 4 is 5.97 Å². The maximum atomic E-state index is 10.9. The van der Waals surface area contributed by atoms with E-state index in [0.29, 0.717) is 31.6 Å². The summed E-state index contributed by atoms with van der Waals surface area (Å²) < 4.78 is 10.1. The number of hydrogen-bond donors (Lipinski definition) is 1. The Morgan fingerprint density at radius 3 is 2.78 bits per heavy atom. The van der Waals surface area contributed by atoms with Crippen molar-refractivity contribution in [1.29, 1.82) is 0 Å². The van der Waals surface area contributed by atoms with E-state index < -0.39 is 6.10 Å². The van der Waals surface area contributed by atoms with Gasteiger partial charge in [0.15, 0.2) is 0 Å². The van der Waals surface area contributed by atoms with Crippen molar-refractivity contribution in [2.24, 2.45) is 0 Å². The van der Waals surface area contributed by atoms with Crippen LogP contribution in [0.5, 0.6) is 5.75 Å². The third-order valence-corrected chi connectivity index (χ3v) is 2.68. The van der Waals surface area contributed by atoms with Crippen molar-refractivity contribution in [1.82, 2.24) is 0 Å². The first-order valence-corrected chi connectivity index (χ1v) is 6.15. The van der Waals surface area contributed by atoms with E-state index in [2.05, 4.69) is 4.74 Å². The first-order valence-electron chi connectivity index (χ1n) is 6.15. The van der Waals surface area contributed by atoms with E-state index in [0.717, 1.165) is 5.56 Å². The molecule has 0 fully saturated rings. The van der Waals surface area contributed by atoms with E-state index in [1.54, 1.807) is 0 Å².